The van der Waals surface area contributed by atoms with Gasteiger partial charge in [0, 0.05) is 0 Å². The third-order valence-corrected chi connectivity index (χ3v) is 6.60. The molecule has 8 nitrogen and oxygen atoms in total. The maximum atomic E-state index is 11.1. The van der Waals surface area contributed by atoms with Crippen LogP contribution in [0.1, 0.15) is 25.0 Å². The zero-order chi connectivity index (χ0) is 22.7. The molecule has 0 saturated carbocycles. The van der Waals surface area contributed by atoms with E-state index in [2.05, 4.69) is 0 Å². The third kappa shape index (κ3) is 7.60. The van der Waals surface area contributed by atoms with E-state index in [4.69, 9.17) is 9.11 Å². The van der Waals surface area contributed by atoms with Crippen molar-refractivity contribution in [3.05, 3.63) is 47.5 Å². The average molecular weight is 459 g/mol. The topological polar surface area (TPSA) is 149 Å². The second kappa shape index (κ2) is 9.34. The summed E-state index contributed by atoms with van der Waals surface area (Å²) in [6.07, 6.45) is 0.464. The van der Waals surface area contributed by atoms with Crippen LogP contribution in [0.5, 0.6) is 11.5 Å². The zero-order valence-corrected chi connectivity index (χ0v) is 18.3. The Morgan fingerprint density at radius 2 is 1.03 bits per heavy atom. The first-order valence-electron chi connectivity index (χ1n) is 9.28. The minimum Gasteiger partial charge on any atom is -0.508 e. The van der Waals surface area contributed by atoms with E-state index in [9.17, 15) is 27.0 Å². The molecular formula is C20H26O8S2. The largest absolute Gasteiger partial charge is 0.508 e. The summed E-state index contributed by atoms with van der Waals surface area (Å²) < 4.78 is 62.3. The molecule has 0 aliphatic rings. The molecule has 2 aromatic carbocycles. The van der Waals surface area contributed by atoms with Gasteiger partial charge in [-0.15, -0.1) is 0 Å². The Morgan fingerprint density at radius 3 is 1.33 bits per heavy atom. The van der Waals surface area contributed by atoms with Crippen molar-refractivity contribution < 1.29 is 36.2 Å². The van der Waals surface area contributed by atoms with Gasteiger partial charge >= 0.3 is 0 Å². The lowest BCUT2D eigenvalue weighted by Crippen LogP contribution is -2.15. The summed E-state index contributed by atoms with van der Waals surface area (Å²) in [5, 5.41) is 20.2. The lowest BCUT2D eigenvalue weighted by atomic mass is 9.94. The van der Waals surface area contributed by atoms with Gasteiger partial charge in [0.25, 0.3) is 20.2 Å². The normalized spacial score (nSPS) is 14.4. The molecule has 0 aliphatic heterocycles. The highest BCUT2D eigenvalue weighted by molar-refractivity contribution is 7.86. The molecule has 2 rings (SSSR count). The maximum absolute atomic E-state index is 11.1. The van der Waals surface area contributed by atoms with Gasteiger partial charge in [-0.3, -0.25) is 9.11 Å². The van der Waals surface area contributed by atoms with E-state index in [-0.39, 0.29) is 24.3 Å². The van der Waals surface area contributed by atoms with E-state index in [1.54, 1.807) is 38.1 Å². The second-order valence-electron chi connectivity index (χ2n) is 7.80. The lowest BCUT2D eigenvalue weighted by Gasteiger charge is -2.15. The second-order valence-corrected chi connectivity index (χ2v) is 10.8. The van der Waals surface area contributed by atoms with Crippen LogP contribution in [-0.4, -0.2) is 47.7 Å². The molecule has 2 unspecified atom stereocenters. The van der Waals surface area contributed by atoms with E-state index in [0.29, 0.717) is 22.3 Å². The van der Waals surface area contributed by atoms with Crippen LogP contribution in [0.25, 0.3) is 11.1 Å². The predicted octanol–water partition coefficient (Wildman–Crippen LogP) is 2.90. The Bertz CT molecular complexity index is 1020. The molecule has 0 spiro atoms. The standard InChI is InChI=1S/C20H26O8S2/c1-13(11-29(23,24)25)7-17-9-15(3-5-19(17)21)16-4-6-20(22)18(10-16)8-14(2)12-30(26,27)28/h3-6,9-10,13-14,21-22H,7-8,11-12H2,1-2H3,(H,23,24,25)(H,26,27,28). The van der Waals surface area contributed by atoms with Crippen molar-refractivity contribution in [3.8, 4) is 22.6 Å². The van der Waals surface area contributed by atoms with Crippen molar-refractivity contribution in [1.29, 1.82) is 0 Å². The molecule has 0 aromatic heterocycles. The van der Waals surface area contributed by atoms with Gasteiger partial charge in [0.15, 0.2) is 0 Å². The van der Waals surface area contributed by atoms with Gasteiger partial charge in [0.2, 0.25) is 0 Å². The van der Waals surface area contributed by atoms with Crippen LogP contribution < -0.4 is 0 Å². The molecule has 0 saturated heterocycles. The monoisotopic (exact) mass is 458 g/mol. The van der Waals surface area contributed by atoms with Crippen LogP contribution in [0.2, 0.25) is 0 Å². The molecule has 0 bridgehead atoms. The van der Waals surface area contributed by atoms with Gasteiger partial charge < -0.3 is 10.2 Å². The number of hydrogen-bond donors (Lipinski definition) is 4. The molecule has 0 fully saturated rings. The Hall–Kier alpha value is -2.14. The van der Waals surface area contributed by atoms with E-state index in [1.807, 2.05) is 0 Å². The van der Waals surface area contributed by atoms with Gasteiger partial charge in [-0.25, -0.2) is 0 Å². The van der Waals surface area contributed by atoms with Crippen LogP contribution in [0.15, 0.2) is 36.4 Å². The fourth-order valence-electron chi connectivity index (χ4n) is 3.44. The van der Waals surface area contributed by atoms with E-state index in [0.717, 1.165) is 0 Å². The van der Waals surface area contributed by atoms with Gasteiger partial charge in [0.1, 0.15) is 11.5 Å². The Labute approximate surface area is 176 Å². The summed E-state index contributed by atoms with van der Waals surface area (Å²) in [5.41, 5.74) is 2.45. The summed E-state index contributed by atoms with van der Waals surface area (Å²) in [7, 11) is -8.25. The lowest BCUT2D eigenvalue weighted by molar-refractivity contribution is 0.453. The average Bonchev–Trinajstić information content (AvgIpc) is 2.55. The number of phenols is 2. The first kappa shape index (κ1) is 24.1. The first-order chi connectivity index (χ1) is 13.7. The molecular weight excluding hydrogens is 432 g/mol. The van der Waals surface area contributed by atoms with Crippen molar-refractivity contribution >= 4 is 20.2 Å². The Kier molecular flexibility index (Phi) is 7.51. The summed E-state index contributed by atoms with van der Waals surface area (Å²) in [5.74, 6) is -1.68. The van der Waals surface area contributed by atoms with Crippen molar-refractivity contribution in [2.45, 2.75) is 26.7 Å². The SMILES string of the molecule is CC(Cc1cc(-c2ccc(O)c(CC(C)CS(=O)(=O)O)c2)ccc1O)CS(=O)(=O)O. The molecule has 0 heterocycles. The Morgan fingerprint density at radius 1 is 0.700 bits per heavy atom. The van der Waals surface area contributed by atoms with Crippen molar-refractivity contribution in [3.63, 3.8) is 0 Å². The fourth-order valence-corrected chi connectivity index (χ4v) is 5.12. The minimum atomic E-state index is -4.12. The highest BCUT2D eigenvalue weighted by Crippen LogP contribution is 2.31. The number of rotatable bonds is 9. The van der Waals surface area contributed by atoms with E-state index >= 15 is 0 Å². The number of aromatic hydroxyl groups is 2. The van der Waals surface area contributed by atoms with Crippen LogP contribution in [0.3, 0.4) is 0 Å². The number of phenolic OH excluding ortho intramolecular Hbond substituents is 2. The van der Waals surface area contributed by atoms with Gasteiger partial charge in [-0.05, 0) is 71.2 Å². The van der Waals surface area contributed by atoms with E-state index in [1.165, 1.54) is 12.1 Å². The highest BCUT2D eigenvalue weighted by Gasteiger charge is 2.17. The Balaban J connectivity index is 2.29. The first-order valence-corrected chi connectivity index (χ1v) is 12.5. The third-order valence-electron chi connectivity index (χ3n) is 4.62. The highest BCUT2D eigenvalue weighted by atomic mass is 32.2. The smallest absolute Gasteiger partial charge is 0.265 e. The van der Waals surface area contributed by atoms with E-state index < -0.39 is 43.6 Å². The molecule has 0 amide bonds. The molecule has 0 aliphatic carbocycles. The summed E-state index contributed by atoms with van der Waals surface area (Å²) in [4.78, 5) is 0. The fraction of sp³-hybridized carbons (Fsp3) is 0.400. The molecule has 4 N–H and O–H groups in total. The minimum absolute atomic E-state index is 0.00159. The molecule has 2 aromatic rings. The predicted molar refractivity (Wildman–Crippen MR) is 114 cm³/mol. The van der Waals surface area contributed by atoms with Gasteiger partial charge in [-0.1, -0.05) is 26.0 Å². The van der Waals surface area contributed by atoms with Crippen LogP contribution >= 0.6 is 0 Å². The molecule has 2 atom stereocenters. The number of hydrogen-bond acceptors (Lipinski definition) is 6. The van der Waals surface area contributed by atoms with Gasteiger partial charge in [0.05, 0.1) is 11.5 Å². The molecule has 10 heteroatoms. The van der Waals surface area contributed by atoms with Crippen LogP contribution in [0, 0.1) is 11.8 Å². The summed E-state index contributed by atoms with van der Waals surface area (Å²) >= 11 is 0. The van der Waals surface area contributed by atoms with Gasteiger partial charge in [-0.2, -0.15) is 16.8 Å². The number of benzene rings is 2. The van der Waals surface area contributed by atoms with Crippen molar-refractivity contribution in [2.75, 3.05) is 11.5 Å². The molecule has 166 valence electrons. The maximum Gasteiger partial charge on any atom is 0.265 e. The zero-order valence-electron chi connectivity index (χ0n) is 16.7. The van der Waals surface area contributed by atoms with Crippen molar-refractivity contribution in [1.82, 2.24) is 0 Å². The van der Waals surface area contributed by atoms with Crippen LogP contribution in [-0.2, 0) is 33.1 Å². The summed E-state index contributed by atoms with van der Waals surface area (Å²) in [6, 6.07) is 9.71. The molecule has 30 heavy (non-hydrogen) atoms. The quantitative estimate of drug-likeness (QED) is 0.419. The summed E-state index contributed by atoms with van der Waals surface area (Å²) in [6.45, 7) is 3.30. The molecule has 0 radical (unpaired) electrons. The van der Waals surface area contributed by atoms with Crippen molar-refractivity contribution in [2.24, 2.45) is 11.8 Å². The van der Waals surface area contributed by atoms with Crippen LogP contribution in [0.4, 0.5) is 0 Å².